The van der Waals surface area contributed by atoms with Gasteiger partial charge >= 0.3 is 65.7 Å². The van der Waals surface area contributed by atoms with Crippen molar-refractivity contribution >= 4 is 65.7 Å². The van der Waals surface area contributed by atoms with Crippen LogP contribution in [-0.2, 0) is 110 Å². The first-order valence-electron chi connectivity index (χ1n) is 24.9. The summed E-state index contributed by atoms with van der Waals surface area (Å²) >= 11 is 0. The van der Waals surface area contributed by atoms with Crippen molar-refractivity contribution < 1.29 is 125 Å². The molecule has 0 aromatic rings. The van der Waals surface area contributed by atoms with Crippen LogP contribution in [0.5, 0.6) is 0 Å². The lowest BCUT2D eigenvalue weighted by Gasteiger charge is -2.34. The molecule has 0 heterocycles. The normalized spacial score (nSPS) is 10.4. The number of aliphatic hydroxyl groups excluding tert-OH is 3. The number of rotatable bonds is 45. The van der Waals surface area contributed by atoms with Crippen LogP contribution in [0.4, 0.5) is 0 Å². The second-order valence-corrected chi connectivity index (χ2v) is 17.0. The zero-order valence-electron chi connectivity index (χ0n) is 46.3. The fourth-order valence-electron chi connectivity index (χ4n) is 5.32. The van der Waals surface area contributed by atoms with Crippen LogP contribution in [0.3, 0.4) is 0 Å². The van der Waals surface area contributed by atoms with Crippen LogP contribution in [0, 0.1) is 16.2 Å². The fraction of sp³-hybridized carbons (Fsp3) is 0.482. The van der Waals surface area contributed by atoms with Gasteiger partial charge in [0.05, 0.1) is 49.3 Å². The van der Waals surface area contributed by atoms with Crippen molar-refractivity contribution in [3.63, 3.8) is 0 Å². The molecule has 26 heteroatoms. The van der Waals surface area contributed by atoms with Gasteiger partial charge in [0.2, 0.25) is 0 Å². The van der Waals surface area contributed by atoms with E-state index >= 15 is 0 Å². The average molecular weight is 1170 g/mol. The van der Waals surface area contributed by atoms with E-state index in [1.807, 2.05) is 0 Å². The largest absolute Gasteiger partial charge is 0.466 e. The molecule has 0 saturated heterocycles. The van der Waals surface area contributed by atoms with E-state index in [0.717, 1.165) is 73.9 Å². The van der Waals surface area contributed by atoms with Crippen molar-refractivity contribution in [2.24, 2.45) is 16.2 Å². The zero-order valence-corrected chi connectivity index (χ0v) is 46.3. The van der Waals surface area contributed by atoms with Crippen molar-refractivity contribution in [1.82, 2.24) is 0 Å². The molecule has 82 heavy (non-hydrogen) atoms. The molecule has 0 bridgehead atoms. The third-order valence-corrected chi connectivity index (χ3v) is 10.1. The summed E-state index contributed by atoms with van der Waals surface area (Å²) in [4.78, 5) is 125. The minimum Gasteiger partial charge on any atom is -0.466 e. The summed E-state index contributed by atoms with van der Waals surface area (Å²) in [7, 11) is 0. The van der Waals surface area contributed by atoms with Crippen molar-refractivity contribution in [2.75, 3.05) is 106 Å². The van der Waals surface area contributed by atoms with Crippen LogP contribution in [0.25, 0.3) is 0 Å². The Morgan fingerprint density at radius 2 is 0.524 bits per heavy atom. The molecule has 3 N–H and O–H groups in total. The fourth-order valence-corrected chi connectivity index (χ4v) is 5.32. The van der Waals surface area contributed by atoms with Gasteiger partial charge in [-0.15, -0.1) is 0 Å². The molecule has 0 atom stereocenters. The number of aliphatic hydroxyl groups is 3. The first kappa shape index (κ1) is 77.9. The van der Waals surface area contributed by atoms with Crippen molar-refractivity contribution in [3.8, 4) is 0 Å². The molecule has 0 amide bonds. The highest BCUT2D eigenvalue weighted by molar-refractivity contribution is 5.84. The van der Waals surface area contributed by atoms with E-state index in [1.54, 1.807) is 0 Å². The molecule has 0 saturated carbocycles. The molecule has 0 fully saturated rings. The van der Waals surface area contributed by atoms with Crippen LogP contribution in [0.2, 0.25) is 0 Å². The summed E-state index contributed by atoms with van der Waals surface area (Å²) in [6, 6.07) is 0. The molecule has 458 valence electrons. The van der Waals surface area contributed by atoms with E-state index in [9.17, 15) is 63.0 Å². The van der Waals surface area contributed by atoms with Crippen LogP contribution in [0.1, 0.15) is 51.4 Å². The van der Waals surface area contributed by atoms with Gasteiger partial charge in [0, 0.05) is 74.1 Å². The SMILES string of the molecule is C=CC(=O)OCC(CO)(COC(=O)C=C)COC(=O)C=C.C=CC(=O)OCC(CO)(COCC(COC(=O)C=C)(COC(=O)C=C)COC(=O)C=C)COC(=O)C=C.C=CC(=O)OCCOC(=O)CCCCCOC(=O)CCCCCO. The molecular formula is C56H78O26. The molecule has 0 unspecified atom stereocenters. The summed E-state index contributed by atoms with van der Waals surface area (Å²) in [6.07, 6.45) is 13.4. The van der Waals surface area contributed by atoms with E-state index in [0.29, 0.717) is 32.3 Å². The number of carbonyl (C=O) groups excluding carboxylic acids is 11. The highest BCUT2D eigenvalue weighted by Gasteiger charge is 2.40. The van der Waals surface area contributed by atoms with E-state index in [4.69, 9.17) is 57.2 Å². The summed E-state index contributed by atoms with van der Waals surface area (Å²) in [5.41, 5.74) is -4.15. The van der Waals surface area contributed by atoms with E-state index in [2.05, 4.69) is 63.9 Å². The Labute approximate surface area is 476 Å². The smallest absolute Gasteiger partial charge is 0.330 e. The second kappa shape index (κ2) is 48.6. The van der Waals surface area contributed by atoms with Crippen LogP contribution < -0.4 is 0 Å². The summed E-state index contributed by atoms with van der Waals surface area (Å²) in [5, 5.41) is 28.1. The minimum absolute atomic E-state index is 0.0187. The monoisotopic (exact) mass is 1170 g/mol. The Bertz CT molecular complexity index is 1980. The predicted molar refractivity (Wildman–Crippen MR) is 289 cm³/mol. The van der Waals surface area contributed by atoms with Gasteiger partial charge in [0.1, 0.15) is 66.1 Å². The van der Waals surface area contributed by atoms with Crippen molar-refractivity contribution in [2.45, 2.75) is 51.4 Å². The molecule has 0 aliphatic rings. The topological polar surface area (TPSA) is 359 Å². The van der Waals surface area contributed by atoms with Gasteiger partial charge in [-0.05, 0) is 32.1 Å². The summed E-state index contributed by atoms with van der Waals surface area (Å²) in [5.74, 6) is -7.32. The molecule has 0 spiro atoms. The number of carbonyl (C=O) groups is 11. The van der Waals surface area contributed by atoms with Crippen molar-refractivity contribution in [1.29, 1.82) is 0 Å². The van der Waals surface area contributed by atoms with Gasteiger partial charge in [0.25, 0.3) is 0 Å². The quantitative estimate of drug-likeness (QED) is 0.0341. The second-order valence-electron chi connectivity index (χ2n) is 17.0. The molecule has 0 aromatic carbocycles. The van der Waals surface area contributed by atoms with Gasteiger partial charge < -0.3 is 72.2 Å². The first-order chi connectivity index (χ1) is 39.1. The van der Waals surface area contributed by atoms with Crippen LogP contribution in [-0.4, -0.2) is 187 Å². The lowest BCUT2D eigenvalue weighted by Crippen LogP contribution is -2.46. The molecular weight excluding hydrogens is 1090 g/mol. The first-order valence-corrected chi connectivity index (χ1v) is 24.9. The highest BCUT2D eigenvalue weighted by atomic mass is 16.6. The lowest BCUT2D eigenvalue weighted by atomic mass is 9.90. The van der Waals surface area contributed by atoms with Gasteiger partial charge in [-0.1, -0.05) is 65.6 Å². The van der Waals surface area contributed by atoms with Crippen molar-refractivity contribution in [3.05, 3.63) is 114 Å². The summed E-state index contributed by atoms with van der Waals surface area (Å²) < 4.78 is 60.2. The Hall–Kier alpha value is -8.33. The third kappa shape index (κ3) is 40.8. The van der Waals surface area contributed by atoms with Gasteiger partial charge in [-0.25, -0.2) is 43.2 Å². The average Bonchev–Trinajstić information content (AvgIpc) is 3.51. The standard InChI is InChI=1S/C25H32O12.C17H28O7.C14H18O7/c1-6-19(27)33-14-24(11-26,15-34-20(28)7-2)12-32-13-25(16-35-21(29)8-3,17-36-22(30)9-4)18-37-23(31)10-5;1-2-15(19)23-13-14-24-17(21)10-6-4-8-12-22-16(20)9-5-3-7-11-18;1-4-11(16)19-8-14(7-15,9-20-12(17)5-2)10-21-13(18)6-3/h6-10,26H,1-5,11-18H2;2,18H,1,3-14H2;4-6,15H,1-3,7-10H2. The predicted octanol–water partition coefficient (Wildman–Crippen LogP) is 2.68. The molecule has 0 aliphatic heterocycles. The van der Waals surface area contributed by atoms with E-state index < -0.39 is 116 Å². The number of hydrogen-bond donors (Lipinski definition) is 3. The number of ether oxygens (including phenoxy) is 12. The maximum atomic E-state index is 11.7. The van der Waals surface area contributed by atoms with Gasteiger partial charge in [-0.2, -0.15) is 0 Å². The van der Waals surface area contributed by atoms with Gasteiger partial charge in [0.15, 0.2) is 0 Å². The zero-order chi connectivity index (χ0) is 62.7. The van der Waals surface area contributed by atoms with Gasteiger partial charge in [-0.3, -0.25) is 9.59 Å². The van der Waals surface area contributed by atoms with Crippen LogP contribution >= 0.6 is 0 Å². The number of hydrogen-bond acceptors (Lipinski definition) is 26. The Morgan fingerprint density at radius 3 is 0.817 bits per heavy atom. The van der Waals surface area contributed by atoms with E-state index in [-0.39, 0.29) is 71.2 Å². The molecule has 0 aromatic heterocycles. The Kier molecular flexibility index (Phi) is 46.1. The van der Waals surface area contributed by atoms with E-state index in [1.165, 1.54) is 0 Å². The summed E-state index contributed by atoms with van der Waals surface area (Å²) in [6.45, 7) is 24.8. The molecule has 0 rings (SSSR count). The molecule has 0 radical (unpaired) electrons. The lowest BCUT2D eigenvalue weighted by molar-refractivity contribution is -0.168. The maximum Gasteiger partial charge on any atom is 0.330 e. The number of esters is 11. The minimum atomic E-state index is -1.44. The Morgan fingerprint density at radius 1 is 0.280 bits per heavy atom. The Balaban J connectivity index is -0.00000120. The van der Waals surface area contributed by atoms with Crippen LogP contribution in [0.15, 0.2) is 114 Å². The third-order valence-electron chi connectivity index (χ3n) is 10.1. The maximum absolute atomic E-state index is 11.7. The molecule has 26 nitrogen and oxygen atoms in total. The number of unbranched alkanes of at least 4 members (excludes halogenated alkanes) is 4. The highest BCUT2D eigenvalue weighted by Crippen LogP contribution is 2.26. The molecule has 0 aliphatic carbocycles.